The van der Waals surface area contributed by atoms with E-state index in [0.29, 0.717) is 18.7 Å². The van der Waals surface area contributed by atoms with E-state index in [4.69, 9.17) is 4.74 Å². The predicted molar refractivity (Wildman–Crippen MR) is 94.5 cm³/mol. The van der Waals surface area contributed by atoms with E-state index in [2.05, 4.69) is 10.6 Å². The van der Waals surface area contributed by atoms with Crippen molar-refractivity contribution in [2.24, 2.45) is 11.3 Å². The number of nitrogens with one attached hydrogen (secondary N) is 2. The summed E-state index contributed by atoms with van der Waals surface area (Å²) < 4.78 is 5.36. The number of benzene rings is 1. The molecule has 2 heterocycles. The Morgan fingerprint density at radius 2 is 2.08 bits per heavy atom. The quantitative estimate of drug-likeness (QED) is 0.865. The minimum absolute atomic E-state index is 0.0436. The highest BCUT2D eigenvalue weighted by Crippen LogP contribution is 2.58. The van der Waals surface area contributed by atoms with Crippen LogP contribution >= 0.6 is 0 Å². The van der Waals surface area contributed by atoms with Crippen molar-refractivity contribution in [1.82, 2.24) is 10.6 Å². The zero-order valence-electron chi connectivity index (χ0n) is 14.6. The maximum Gasteiger partial charge on any atom is 0.249 e. The van der Waals surface area contributed by atoms with Crippen LogP contribution in [0.2, 0.25) is 0 Å². The Labute approximate surface area is 147 Å². The molecule has 2 unspecified atom stereocenters. The van der Waals surface area contributed by atoms with Crippen LogP contribution in [0.4, 0.5) is 5.69 Å². The molecule has 1 aromatic carbocycles. The fourth-order valence-corrected chi connectivity index (χ4v) is 4.37. The van der Waals surface area contributed by atoms with Gasteiger partial charge in [0.15, 0.2) is 0 Å². The van der Waals surface area contributed by atoms with Crippen molar-refractivity contribution < 1.29 is 14.3 Å². The Morgan fingerprint density at radius 1 is 1.32 bits per heavy atom. The lowest BCUT2D eigenvalue weighted by atomic mass is 9.91. The molecule has 1 aliphatic carbocycles. The van der Waals surface area contributed by atoms with Crippen LogP contribution in [-0.4, -0.2) is 44.6 Å². The molecule has 25 heavy (non-hydrogen) atoms. The second-order valence-electron chi connectivity index (χ2n) is 7.38. The van der Waals surface area contributed by atoms with Gasteiger partial charge in [0, 0.05) is 12.5 Å². The fraction of sp³-hybridized carbons (Fsp3) is 0.579. The first kappa shape index (κ1) is 16.4. The summed E-state index contributed by atoms with van der Waals surface area (Å²) in [4.78, 5) is 27.1. The largest absolute Gasteiger partial charge is 0.495 e. The van der Waals surface area contributed by atoms with Gasteiger partial charge in [0.25, 0.3) is 0 Å². The van der Waals surface area contributed by atoms with Crippen LogP contribution in [0.3, 0.4) is 0 Å². The van der Waals surface area contributed by atoms with E-state index in [1.165, 1.54) is 0 Å². The Balaban J connectivity index is 1.40. The van der Waals surface area contributed by atoms with Crippen LogP contribution < -0.4 is 20.3 Å². The Kier molecular flexibility index (Phi) is 4.15. The summed E-state index contributed by atoms with van der Waals surface area (Å²) in [5.74, 6) is 0.779. The number of methoxy groups -OCH3 is 1. The van der Waals surface area contributed by atoms with Gasteiger partial charge >= 0.3 is 0 Å². The molecule has 2 N–H and O–H groups in total. The highest BCUT2D eigenvalue weighted by Gasteiger charge is 2.58. The van der Waals surface area contributed by atoms with Crippen LogP contribution in [0.15, 0.2) is 24.3 Å². The van der Waals surface area contributed by atoms with Crippen LogP contribution in [0, 0.1) is 11.3 Å². The van der Waals surface area contributed by atoms with Gasteiger partial charge in [-0.2, -0.15) is 0 Å². The number of anilines is 1. The summed E-state index contributed by atoms with van der Waals surface area (Å²) in [6.07, 6.45) is 3.75. The van der Waals surface area contributed by atoms with Crippen molar-refractivity contribution in [2.45, 2.75) is 31.7 Å². The average molecular weight is 343 g/mol. The van der Waals surface area contributed by atoms with Gasteiger partial charge in [-0.25, -0.2) is 0 Å². The van der Waals surface area contributed by atoms with E-state index in [-0.39, 0.29) is 23.1 Å². The zero-order valence-corrected chi connectivity index (χ0v) is 14.6. The second kappa shape index (κ2) is 6.33. The number of para-hydroxylation sites is 2. The van der Waals surface area contributed by atoms with Crippen LogP contribution in [-0.2, 0) is 9.59 Å². The standard InChI is InChI=1S/C19H25N3O3/c1-25-16-5-3-2-4-15(16)22-11-6-14(18(22)24)21-17(23)13-12-19(13)7-9-20-10-8-19/h2-5,13-14,20H,6-12H2,1H3,(H,21,23). The molecule has 1 aromatic rings. The monoisotopic (exact) mass is 343 g/mol. The maximum atomic E-state index is 12.8. The summed E-state index contributed by atoms with van der Waals surface area (Å²) in [5.41, 5.74) is 0.965. The third kappa shape index (κ3) is 2.88. The van der Waals surface area contributed by atoms with Crippen molar-refractivity contribution in [3.8, 4) is 5.75 Å². The van der Waals surface area contributed by atoms with E-state index in [0.717, 1.165) is 38.0 Å². The van der Waals surface area contributed by atoms with Crippen LogP contribution in [0.25, 0.3) is 0 Å². The number of amides is 2. The summed E-state index contributed by atoms with van der Waals surface area (Å²) in [6, 6.07) is 7.08. The molecule has 3 fully saturated rings. The Bertz CT molecular complexity index is 684. The highest BCUT2D eigenvalue weighted by molar-refractivity contribution is 6.02. The number of carbonyl (C=O) groups excluding carboxylic acids is 2. The van der Waals surface area contributed by atoms with Crippen LogP contribution in [0.5, 0.6) is 5.75 Å². The van der Waals surface area contributed by atoms with E-state index < -0.39 is 6.04 Å². The third-order valence-corrected chi connectivity index (χ3v) is 6.00. The molecule has 3 aliphatic rings. The summed E-state index contributed by atoms with van der Waals surface area (Å²) in [6.45, 7) is 2.59. The summed E-state index contributed by atoms with van der Waals surface area (Å²) >= 11 is 0. The number of carbonyl (C=O) groups is 2. The molecule has 0 aromatic heterocycles. The molecule has 6 nitrogen and oxygen atoms in total. The van der Waals surface area contributed by atoms with Gasteiger partial charge in [-0.15, -0.1) is 0 Å². The van der Waals surface area contributed by atoms with Gasteiger partial charge in [-0.3, -0.25) is 9.59 Å². The molecule has 0 radical (unpaired) electrons. The molecular weight excluding hydrogens is 318 g/mol. The van der Waals surface area contributed by atoms with E-state index in [9.17, 15) is 9.59 Å². The Morgan fingerprint density at radius 3 is 2.84 bits per heavy atom. The molecule has 2 aliphatic heterocycles. The van der Waals surface area contributed by atoms with Crippen LogP contribution in [0.1, 0.15) is 25.7 Å². The minimum atomic E-state index is -0.420. The molecule has 2 atom stereocenters. The van der Waals surface area contributed by atoms with Crippen molar-refractivity contribution in [3.63, 3.8) is 0 Å². The average Bonchev–Trinajstić information content (AvgIpc) is 3.22. The number of nitrogens with zero attached hydrogens (tertiary/aromatic N) is 1. The topological polar surface area (TPSA) is 70.7 Å². The van der Waals surface area contributed by atoms with Gasteiger partial charge in [0.2, 0.25) is 11.8 Å². The molecule has 2 saturated heterocycles. The van der Waals surface area contributed by atoms with Gasteiger partial charge < -0.3 is 20.3 Å². The van der Waals surface area contributed by atoms with Crippen molar-refractivity contribution in [2.75, 3.05) is 31.6 Å². The smallest absolute Gasteiger partial charge is 0.249 e. The minimum Gasteiger partial charge on any atom is -0.495 e. The van der Waals surface area contributed by atoms with Gasteiger partial charge in [-0.05, 0) is 56.3 Å². The number of hydrogen-bond acceptors (Lipinski definition) is 4. The number of piperidine rings is 1. The lowest BCUT2D eigenvalue weighted by molar-refractivity contribution is -0.127. The van der Waals surface area contributed by atoms with Gasteiger partial charge in [0.1, 0.15) is 11.8 Å². The Hall–Kier alpha value is -2.08. The zero-order chi connectivity index (χ0) is 17.4. The van der Waals surface area contributed by atoms with Crippen molar-refractivity contribution in [3.05, 3.63) is 24.3 Å². The lowest BCUT2D eigenvalue weighted by Gasteiger charge is -2.23. The van der Waals surface area contributed by atoms with Crippen molar-refractivity contribution >= 4 is 17.5 Å². The predicted octanol–water partition coefficient (Wildman–Crippen LogP) is 1.31. The number of hydrogen-bond donors (Lipinski definition) is 2. The lowest BCUT2D eigenvalue weighted by Crippen LogP contribution is -2.43. The van der Waals surface area contributed by atoms with Gasteiger partial charge in [-0.1, -0.05) is 12.1 Å². The maximum absolute atomic E-state index is 12.8. The first-order valence-corrected chi connectivity index (χ1v) is 9.10. The van der Waals surface area contributed by atoms with Gasteiger partial charge in [0.05, 0.1) is 12.8 Å². The summed E-state index contributed by atoms with van der Waals surface area (Å²) in [5, 5.41) is 6.36. The molecule has 6 heteroatoms. The molecule has 0 bridgehead atoms. The third-order valence-electron chi connectivity index (χ3n) is 6.00. The van der Waals surface area contributed by atoms with Crippen molar-refractivity contribution in [1.29, 1.82) is 0 Å². The molecular formula is C19H25N3O3. The molecule has 134 valence electrons. The highest BCUT2D eigenvalue weighted by atomic mass is 16.5. The molecule has 2 amide bonds. The molecule has 1 saturated carbocycles. The second-order valence-corrected chi connectivity index (χ2v) is 7.38. The molecule has 4 rings (SSSR count). The number of ether oxygens (including phenoxy) is 1. The summed E-state index contributed by atoms with van der Waals surface area (Å²) in [7, 11) is 1.60. The SMILES string of the molecule is COc1ccccc1N1CCC(NC(=O)C2CC23CCNCC3)C1=O. The normalized spacial score (nSPS) is 27.4. The molecule has 1 spiro atoms. The first-order chi connectivity index (χ1) is 12.1. The first-order valence-electron chi connectivity index (χ1n) is 9.10. The fourth-order valence-electron chi connectivity index (χ4n) is 4.37. The van der Waals surface area contributed by atoms with E-state index in [1.807, 2.05) is 24.3 Å². The van der Waals surface area contributed by atoms with E-state index >= 15 is 0 Å². The number of rotatable bonds is 4. The van der Waals surface area contributed by atoms with E-state index in [1.54, 1.807) is 12.0 Å².